The van der Waals surface area contributed by atoms with E-state index in [1.165, 1.54) is 0 Å². The second-order valence-electron chi connectivity index (χ2n) is 6.80. The molecule has 1 amide bonds. The average Bonchev–Trinajstić information content (AvgIpc) is 3.26. The predicted octanol–water partition coefficient (Wildman–Crippen LogP) is 1.78. The molecule has 27 heavy (non-hydrogen) atoms. The SMILES string of the molecule is Cc1nn(C)c(C)c1-c1cc(C(=O)N2CCN(c3ccccn3)CC2)[nH]n1. The Balaban J connectivity index is 1.46. The van der Waals surface area contributed by atoms with E-state index in [2.05, 4.69) is 25.2 Å². The molecule has 0 spiro atoms. The van der Waals surface area contributed by atoms with E-state index >= 15 is 0 Å². The highest BCUT2D eigenvalue weighted by Gasteiger charge is 2.25. The number of amides is 1. The van der Waals surface area contributed by atoms with Crippen LogP contribution in [0.15, 0.2) is 30.5 Å². The number of nitrogens with one attached hydrogen (secondary N) is 1. The van der Waals surface area contributed by atoms with Gasteiger partial charge in [-0.2, -0.15) is 10.2 Å². The molecule has 1 N–H and O–H groups in total. The van der Waals surface area contributed by atoms with E-state index in [1.54, 1.807) is 6.20 Å². The summed E-state index contributed by atoms with van der Waals surface area (Å²) in [4.78, 5) is 21.3. The zero-order chi connectivity index (χ0) is 19.0. The maximum Gasteiger partial charge on any atom is 0.272 e. The molecule has 8 heteroatoms. The van der Waals surface area contributed by atoms with Gasteiger partial charge >= 0.3 is 0 Å². The normalized spacial score (nSPS) is 14.6. The lowest BCUT2D eigenvalue weighted by Gasteiger charge is -2.35. The molecule has 140 valence electrons. The Morgan fingerprint density at radius 2 is 1.93 bits per heavy atom. The number of hydrogen-bond donors (Lipinski definition) is 1. The first-order valence-corrected chi connectivity index (χ1v) is 9.06. The molecule has 1 aliphatic rings. The number of H-pyrrole nitrogens is 1. The Bertz CT molecular complexity index is 952. The van der Waals surface area contributed by atoms with Crippen LogP contribution in [0, 0.1) is 13.8 Å². The third kappa shape index (κ3) is 3.18. The van der Waals surface area contributed by atoms with Gasteiger partial charge in [0.05, 0.1) is 11.4 Å². The molecule has 0 unspecified atom stereocenters. The monoisotopic (exact) mass is 365 g/mol. The smallest absolute Gasteiger partial charge is 0.272 e. The molecule has 4 heterocycles. The predicted molar refractivity (Wildman–Crippen MR) is 103 cm³/mol. The van der Waals surface area contributed by atoms with Crippen molar-refractivity contribution in [2.75, 3.05) is 31.1 Å². The third-order valence-electron chi connectivity index (χ3n) is 5.11. The van der Waals surface area contributed by atoms with Crippen LogP contribution in [0.5, 0.6) is 0 Å². The molecular weight excluding hydrogens is 342 g/mol. The van der Waals surface area contributed by atoms with Crippen molar-refractivity contribution in [2.24, 2.45) is 7.05 Å². The molecule has 1 aliphatic heterocycles. The molecular formula is C19H23N7O. The van der Waals surface area contributed by atoms with E-state index in [0.29, 0.717) is 18.8 Å². The molecule has 8 nitrogen and oxygen atoms in total. The lowest BCUT2D eigenvalue weighted by atomic mass is 10.1. The average molecular weight is 365 g/mol. The van der Waals surface area contributed by atoms with Crippen LogP contribution in [0.3, 0.4) is 0 Å². The van der Waals surface area contributed by atoms with Crippen LogP contribution in [0.1, 0.15) is 21.9 Å². The number of aromatic nitrogens is 5. The second-order valence-corrected chi connectivity index (χ2v) is 6.80. The number of hydrogen-bond acceptors (Lipinski definition) is 5. The molecule has 0 radical (unpaired) electrons. The summed E-state index contributed by atoms with van der Waals surface area (Å²) in [5.41, 5.74) is 4.19. The van der Waals surface area contributed by atoms with E-state index < -0.39 is 0 Å². The summed E-state index contributed by atoms with van der Waals surface area (Å²) in [5.74, 6) is 0.935. The van der Waals surface area contributed by atoms with Crippen LogP contribution < -0.4 is 4.90 Å². The molecule has 3 aromatic heterocycles. The topological polar surface area (TPSA) is 82.9 Å². The summed E-state index contributed by atoms with van der Waals surface area (Å²) in [6, 6.07) is 7.71. The van der Waals surface area contributed by atoms with Gasteiger partial charge in [-0.05, 0) is 32.0 Å². The number of carbonyl (C=O) groups is 1. The largest absolute Gasteiger partial charge is 0.353 e. The van der Waals surface area contributed by atoms with Gasteiger partial charge in [-0.15, -0.1) is 0 Å². The number of rotatable bonds is 3. The highest BCUT2D eigenvalue weighted by Crippen LogP contribution is 2.25. The van der Waals surface area contributed by atoms with Gasteiger partial charge < -0.3 is 9.80 Å². The number of carbonyl (C=O) groups excluding carboxylic acids is 1. The summed E-state index contributed by atoms with van der Waals surface area (Å²) in [6.07, 6.45) is 1.79. The molecule has 1 saturated heterocycles. The van der Waals surface area contributed by atoms with Crippen molar-refractivity contribution in [3.63, 3.8) is 0 Å². The number of aryl methyl sites for hydroxylation is 2. The quantitative estimate of drug-likeness (QED) is 0.765. The van der Waals surface area contributed by atoms with Crippen molar-refractivity contribution in [1.29, 1.82) is 0 Å². The number of piperazine rings is 1. The minimum Gasteiger partial charge on any atom is -0.353 e. The fraction of sp³-hybridized carbons (Fsp3) is 0.368. The number of nitrogens with zero attached hydrogens (tertiary/aromatic N) is 6. The maximum atomic E-state index is 12.9. The van der Waals surface area contributed by atoms with Crippen molar-refractivity contribution < 1.29 is 4.79 Å². The van der Waals surface area contributed by atoms with Gasteiger partial charge in [0.2, 0.25) is 0 Å². The Hall–Kier alpha value is -3.16. The highest BCUT2D eigenvalue weighted by molar-refractivity contribution is 5.93. The van der Waals surface area contributed by atoms with Crippen molar-refractivity contribution >= 4 is 11.7 Å². The number of aromatic amines is 1. The third-order valence-corrected chi connectivity index (χ3v) is 5.11. The first kappa shape index (κ1) is 17.3. The standard InChI is InChI=1S/C19H23N7O/c1-13-18(14(2)24(3)23-13)15-12-16(22-21-15)19(27)26-10-8-25(9-11-26)17-6-4-5-7-20-17/h4-7,12H,8-11H2,1-3H3,(H,21,22). The van der Waals surface area contributed by atoms with E-state index in [-0.39, 0.29) is 5.91 Å². The van der Waals surface area contributed by atoms with Crippen LogP contribution in [0.25, 0.3) is 11.3 Å². The first-order valence-electron chi connectivity index (χ1n) is 9.06. The maximum absolute atomic E-state index is 12.9. The first-order chi connectivity index (χ1) is 13.0. The molecule has 0 bridgehead atoms. The van der Waals surface area contributed by atoms with Gasteiger partial charge in [0.25, 0.3) is 5.91 Å². The zero-order valence-corrected chi connectivity index (χ0v) is 15.8. The molecule has 0 atom stereocenters. The Labute approximate surface area is 157 Å². The van der Waals surface area contributed by atoms with E-state index in [0.717, 1.165) is 41.6 Å². The highest BCUT2D eigenvalue weighted by atomic mass is 16.2. The van der Waals surface area contributed by atoms with Crippen LogP contribution in [0.2, 0.25) is 0 Å². The van der Waals surface area contributed by atoms with E-state index in [9.17, 15) is 4.79 Å². The van der Waals surface area contributed by atoms with Gasteiger partial charge in [0.1, 0.15) is 11.5 Å². The molecule has 0 saturated carbocycles. The van der Waals surface area contributed by atoms with Crippen molar-refractivity contribution in [2.45, 2.75) is 13.8 Å². The van der Waals surface area contributed by atoms with Gasteiger partial charge in [-0.25, -0.2) is 4.98 Å². The van der Waals surface area contributed by atoms with Gasteiger partial charge in [0, 0.05) is 50.7 Å². The molecule has 0 aromatic carbocycles. The van der Waals surface area contributed by atoms with Gasteiger partial charge in [-0.1, -0.05) is 6.07 Å². The minimum atomic E-state index is -0.0198. The molecule has 0 aliphatic carbocycles. The fourth-order valence-electron chi connectivity index (χ4n) is 3.55. The molecule has 3 aromatic rings. The zero-order valence-electron chi connectivity index (χ0n) is 15.8. The Kier molecular flexibility index (Phi) is 4.39. The number of pyridine rings is 1. The van der Waals surface area contributed by atoms with Gasteiger partial charge in [0.15, 0.2) is 0 Å². The summed E-state index contributed by atoms with van der Waals surface area (Å²) < 4.78 is 1.83. The van der Waals surface area contributed by atoms with Crippen LogP contribution in [-0.4, -0.2) is 61.9 Å². The summed E-state index contributed by atoms with van der Waals surface area (Å²) >= 11 is 0. The van der Waals surface area contributed by atoms with Crippen LogP contribution in [0.4, 0.5) is 5.82 Å². The minimum absolute atomic E-state index is 0.0198. The van der Waals surface area contributed by atoms with E-state index in [4.69, 9.17) is 0 Å². The van der Waals surface area contributed by atoms with Crippen molar-refractivity contribution in [3.05, 3.63) is 47.5 Å². The number of anilines is 1. The Morgan fingerprint density at radius 3 is 2.56 bits per heavy atom. The second kappa shape index (κ2) is 6.86. The summed E-state index contributed by atoms with van der Waals surface area (Å²) in [6.45, 7) is 6.82. The summed E-state index contributed by atoms with van der Waals surface area (Å²) in [7, 11) is 1.91. The van der Waals surface area contributed by atoms with Crippen LogP contribution in [-0.2, 0) is 7.05 Å². The van der Waals surface area contributed by atoms with Gasteiger partial charge in [-0.3, -0.25) is 14.6 Å². The van der Waals surface area contributed by atoms with Crippen molar-refractivity contribution in [3.8, 4) is 11.3 Å². The molecule has 4 rings (SSSR count). The van der Waals surface area contributed by atoms with E-state index in [1.807, 2.05) is 54.7 Å². The summed E-state index contributed by atoms with van der Waals surface area (Å²) in [5, 5.41) is 11.7. The Morgan fingerprint density at radius 1 is 1.15 bits per heavy atom. The van der Waals surface area contributed by atoms with Crippen molar-refractivity contribution in [1.82, 2.24) is 29.9 Å². The molecule has 1 fully saturated rings. The fourth-order valence-corrected chi connectivity index (χ4v) is 3.55. The lowest BCUT2D eigenvalue weighted by molar-refractivity contribution is 0.0740. The van der Waals surface area contributed by atoms with Crippen LogP contribution >= 0.6 is 0 Å². The lowest BCUT2D eigenvalue weighted by Crippen LogP contribution is -2.49.